The lowest BCUT2D eigenvalue weighted by atomic mass is 9.69. The molecular weight excluding hydrogens is 514 g/mol. The number of halogens is 1. The summed E-state index contributed by atoms with van der Waals surface area (Å²) >= 11 is 0. The van der Waals surface area contributed by atoms with Gasteiger partial charge in [0.05, 0.1) is 33.6 Å². The molecular formula is C31H30BFN8. The van der Waals surface area contributed by atoms with Gasteiger partial charge in [-0.2, -0.15) is 5.26 Å². The van der Waals surface area contributed by atoms with Gasteiger partial charge in [-0.3, -0.25) is 20.4 Å². The Morgan fingerprint density at radius 2 is 1.93 bits per heavy atom. The molecule has 10 heteroatoms. The van der Waals surface area contributed by atoms with Crippen molar-refractivity contribution in [3.05, 3.63) is 107 Å². The molecule has 3 aromatic carbocycles. The van der Waals surface area contributed by atoms with Crippen LogP contribution in [0.15, 0.2) is 84.8 Å². The van der Waals surface area contributed by atoms with Crippen LogP contribution in [0.5, 0.6) is 0 Å². The number of aryl methyl sites for hydroxylation is 1. The normalized spacial score (nSPS) is 16.0. The molecule has 0 amide bonds. The first-order chi connectivity index (χ1) is 19.9. The van der Waals surface area contributed by atoms with Crippen molar-refractivity contribution in [1.29, 1.82) is 5.26 Å². The molecule has 0 bridgehead atoms. The Balaban J connectivity index is 1.44. The lowest BCUT2D eigenvalue weighted by Crippen LogP contribution is -2.45. The molecule has 2 radical (unpaired) electrons. The molecule has 6 rings (SSSR count). The molecule has 204 valence electrons. The number of aromatic nitrogens is 1. The first-order valence-electron chi connectivity index (χ1n) is 13.7. The van der Waals surface area contributed by atoms with Crippen molar-refractivity contribution < 1.29 is 4.39 Å². The number of hydrogen-bond donors (Lipinski definition) is 4. The molecule has 2 aliphatic rings. The zero-order valence-electron chi connectivity index (χ0n) is 22.9. The van der Waals surface area contributed by atoms with Crippen molar-refractivity contribution >= 4 is 35.8 Å². The highest BCUT2D eigenvalue weighted by Crippen LogP contribution is 2.37. The number of anilines is 3. The van der Waals surface area contributed by atoms with Crippen molar-refractivity contribution in [3.63, 3.8) is 0 Å². The smallest absolute Gasteiger partial charge is 0.123 e. The van der Waals surface area contributed by atoms with Gasteiger partial charge in [0.1, 0.15) is 19.7 Å². The summed E-state index contributed by atoms with van der Waals surface area (Å²) < 4.78 is 13.9. The second-order valence-corrected chi connectivity index (χ2v) is 10.4. The molecule has 4 aromatic rings. The van der Waals surface area contributed by atoms with Gasteiger partial charge in [-0.05, 0) is 74.2 Å². The maximum atomic E-state index is 13.9. The number of hydrogen-bond acceptors (Lipinski definition) is 8. The van der Waals surface area contributed by atoms with Gasteiger partial charge in [-0.15, -0.1) is 5.53 Å². The highest BCUT2D eigenvalue weighted by atomic mass is 19.1. The van der Waals surface area contributed by atoms with Gasteiger partial charge < -0.3 is 10.7 Å². The van der Waals surface area contributed by atoms with Crippen LogP contribution in [0.1, 0.15) is 36.5 Å². The van der Waals surface area contributed by atoms with Gasteiger partial charge in [0.2, 0.25) is 0 Å². The van der Waals surface area contributed by atoms with Gasteiger partial charge in [0.15, 0.2) is 0 Å². The van der Waals surface area contributed by atoms with Crippen LogP contribution in [0.2, 0.25) is 0 Å². The maximum Gasteiger partial charge on any atom is 0.123 e. The molecule has 0 saturated heterocycles. The summed E-state index contributed by atoms with van der Waals surface area (Å²) in [5.41, 5.74) is 14.5. The Kier molecular flexibility index (Phi) is 6.89. The fraction of sp³-hybridized carbons (Fsp3) is 0.226. The molecule has 1 aliphatic carbocycles. The van der Waals surface area contributed by atoms with Crippen LogP contribution in [0, 0.1) is 24.1 Å². The van der Waals surface area contributed by atoms with E-state index < -0.39 is 5.44 Å². The highest BCUT2D eigenvalue weighted by Gasteiger charge is 2.37. The van der Waals surface area contributed by atoms with Crippen LogP contribution in [-0.2, 0) is 5.44 Å². The molecule has 41 heavy (non-hydrogen) atoms. The second-order valence-electron chi connectivity index (χ2n) is 10.4. The van der Waals surface area contributed by atoms with Crippen molar-refractivity contribution in [2.75, 3.05) is 22.3 Å². The zero-order valence-corrected chi connectivity index (χ0v) is 22.9. The molecule has 1 unspecified atom stereocenters. The summed E-state index contributed by atoms with van der Waals surface area (Å²) in [5, 5.41) is 18.3. The summed E-state index contributed by atoms with van der Waals surface area (Å²) in [7, 11) is 7.13. The molecule has 1 atom stereocenters. The Bertz CT molecular complexity index is 1650. The third-order valence-corrected chi connectivity index (χ3v) is 7.51. The van der Waals surface area contributed by atoms with E-state index in [2.05, 4.69) is 32.8 Å². The van der Waals surface area contributed by atoms with Crippen LogP contribution in [0.25, 0.3) is 10.9 Å². The van der Waals surface area contributed by atoms with Crippen LogP contribution < -0.4 is 26.7 Å². The topological polar surface area (TPSA) is 91.3 Å². The molecule has 0 spiro atoms. The number of para-hydroxylation sites is 1. The Morgan fingerprint density at radius 3 is 2.61 bits per heavy atom. The van der Waals surface area contributed by atoms with Crippen molar-refractivity contribution in [2.24, 2.45) is 0 Å². The van der Waals surface area contributed by atoms with Crippen molar-refractivity contribution in [3.8, 4) is 6.07 Å². The predicted molar refractivity (Wildman–Crippen MR) is 161 cm³/mol. The van der Waals surface area contributed by atoms with Crippen LogP contribution >= 0.6 is 0 Å². The van der Waals surface area contributed by atoms with Crippen molar-refractivity contribution in [2.45, 2.75) is 38.2 Å². The van der Waals surface area contributed by atoms with Crippen LogP contribution in [0.3, 0.4) is 0 Å². The average molecular weight is 544 g/mol. The van der Waals surface area contributed by atoms with E-state index in [1.165, 1.54) is 12.1 Å². The molecule has 2 heterocycles. The minimum absolute atomic E-state index is 0.339. The lowest BCUT2D eigenvalue weighted by molar-refractivity contribution is 0.260. The fourth-order valence-electron chi connectivity index (χ4n) is 5.14. The molecule has 1 aliphatic heterocycles. The molecule has 8 nitrogen and oxygen atoms in total. The SMILES string of the molecule is [B]C(Nc1cc(C)c2ncc(C#N)c(NN(CC)c3ccccc3)c2c1)(C1=CN(C2CC2)NN1)c1ccc(F)cc1. The average Bonchev–Trinajstić information content (AvgIpc) is 3.72. The third-order valence-electron chi connectivity index (χ3n) is 7.51. The number of hydrazine groups is 3. The number of nitrogens with zero attached hydrogens (tertiary/aromatic N) is 4. The van der Waals surface area contributed by atoms with Gasteiger partial charge in [0, 0.05) is 36.1 Å². The summed E-state index contributed by atoms with van der Waals surface area (Å²) in [6.45, 7) is 4.68. The maximum absolute atomic E-state index is 13.9. The number of benzene rings is 3. The monoisotopic (exact) mass is 544 g/mol. The number of fused-ring (bicyclic) bond motifs is 1. The first kappa shape index (κ1) is 26.5. The van der Waals surface area contributed by atoms with E-state index in [1.807, 2.05) is 72.5 Å². The quantitative estimate of drug-likeness (QED) is 0.170. The van der Waals surface area contributed by atoms with E-state index in [9.17, 15) is 9.65 Å². The second kappa shape index (κ2) is 10.7. The number of nitrogens with one attached hydrogen (secondary N) is 4. The summed E-state index contributed by atoms with van der Waals surface area (Å²) in [4.78, 5) is 4.62. The minimum Gasteiger partial charge on any atom is -0.378 e. The Hall–Kier alpha value is -4.75. The van der Waals surface area contributed by atoms with E-state index >= 15 is 0 Å². The zero-order chi connectivity index (χ0) is 28.6. The molecule has 1 fully saturated rings. The van der Waals surface area contributed by atoms with Gasteiger partial charge in [-0.25, -0.2) is 4.39 Å². The number of rotatable bonds is 9. The molecule has 4 N–H and O–H groups in total. The highest BCUT2D eigenvalue weighted by molar-refractivity contribution is 6.19. The Morgan fingerprint density at radius 1 is 1.17 bits per heavy atom. The van der Waals surface area contributed by atoms with Crippen LogP contribution in [0.4, 0.5) is 21.5 Å². The molecule has 1 aromatic heterocycles. The van der Waals surface area contributed by atoms with E-state index in [1.54, 1.807) is 18.3 Å². The number of pyridine rings is 1. The summed E-state index contributed by atoms with van der Waals surface area (Å²) in [5.74, 6) is -0.339. The van der Waals surface area contributed by atoms with E-state index in [4.69, 9.17) is 7.85 Å². The van der Waals surface area contributed by atoms with Gasteiger partial charge in [0.25, 0.3) is 0 Å². The van der Waals surface area contributed by atoms with Gasteiger partial charge in [-0.1, -0.05) is 30.3 Å². The van der Waals surface area contributed by atoms with E-state index in [-0.39, 0.29) is 5.82 Å². The van der Waals surface area contributed by atoms with Crippen LogP contribution in [-0.4, -0.2) is 30.4 Å². The standard InChI is InChI=1S/C31H30BFN8/c1-3-40(25-7-5-4-6-8-25)38-30-21(17-34)18-35-29-20(2)15-24(16-27(29)30)36-31(32,22-9-11-23(33)12-10-22)28-19-41(39-37-28)26-13-14-26/h4-12,15-16,18-19,26,36-37,39H,3,13-14H2,1-2H3,(H,35,38). The van der Waals surface area contributed by atoms with Gasteiger partial charge >= 0.3 is 0 Å². The fourth-order valence-corrected chi connectivity index (χ4v) is 5.14. The lowest BCUT2D eigenvalue weighted by Gasteiger charge is -2.34. The van der Waals surface area contributed by atoms with E-state index in [0.29, 0.717) is 35.1 Å². The summed E-state index contributed by atoms with van der Waals surface area (Å²) in [6, 6.07) is 22.7. The minimum atomic E-state index is -1.22. The largest absolute Gasteiger partial charge is 0.378 e. The summed E-state index contributed by atoms with van der Waals surface area (Å²) in [6.07, 6.45) is 5.77. The first-order valence-corrected chi connectivity index (χ1v) is 13.7. The number of nitriles is 1. The third kappa shape index (κ3) is 5.12. The van der Waals surface area contributed by atoms with E-state index in [0.717, 1.165) is 40.7 Å². The molecule has 1 saturated carbocycles. The van der Waals surface area contributed by atoms with Crippen molar-refractivity contribution in [1.82, 2.24) is 21.0 Å². The Labute approximate surface area is 240 Å². The predicted octanol–water partition coefficient (Wildman–Crippen LogP) is 5.17.